The summed E-state index contributed by atoms with van der Waals surface area (Å²) in [6.45, 7) is 6.70. The summed E-state index contributed by atoms with van der Waals surface area (Å²) in [7, 11) is 0. The molecular weight excluding hydrogens is 294 g/mol. The Balaban J connectivity index is 1.74. The van der Waals surface area contributed by atoms with Gasteiger partial charge < -0.3 is 15.2 Å². The van der Waals surface area contributed by atoms with Gasteiger partial charge in [-0.05, 0) is 32.9 Å². The Kier molecular flexibility index (Phi) is 3.94. The first-order valence-corrected chi connectivity index (χ1v) is 7.81. The van der Waals surface area contributed by atoms with Gasteiger partial charge in [-0.2, -0.15) is 0 Å². The number of urea groups is 1. The highest BCUT2D eigenvalue weighted by Crippen LogP contribution is 2.26. The molecule has 0 bridgehead atoms. The SMILES string of the molecule is CC(C)NC(=O)[C@H](C)NC(=O)N1CCn2c1nc1ccccc12. The van der Waals surface area contributed by atoms with E-state index in [4.69, 9.17) is 0 Å². The van der Waals surface area contributed by atoms with Crippen LogP contribution in [0.3, 0.4) is 0 Å². The molecule has 2 heterocycles. The molecular formula is C16H21N5O2. The largest absolute Gasteiger partial charge is 0.352 e. The lowest BCUT2D eigenvalue weighted by Gasteiger charge is -2.20. The van der Waals surface area contributed by atoms with Gasteiger partial charge in [0, 0.05) is 19.1 Å². The van der Waals surface area contributed by atoms with Crippen LogP contribution >= 0.6 is 0 Å². The highest BCUT2D eigenvalue weighted by Gasteiger charge is 2.29. The quantitative estimate of drug-likeness (QED) is 0.900. The lowest BCUT2D eigenvalue weighted by atomic mass is 10.3. The topological polar surface area (TPSA) is 79.3 Å². The highest BCUT2D eigenvalue weighted by atomic mass is 16.2. The molecule has 7 heteroatoms. The zero-order chi connectivity index (χ0) is 16.6. The van der Waals surface area contributed by atoms with E-state index in [0.717, 1.165) is 11.0 Å². The number of rotatable bonds is 3. The molecule has 2 N–H and O–H groups in total. The van der Waals surface area contributed by atoms with Gasteiger partial charge in [0.25, 0.3) is 0 Å². The Labute approximate surface area is 134 Å². The molecule has 7 nitrogen and oxygen atoms in total. The fourth-order valence-corrected chi connectivity index (χ4v) is 2.72. The molecule has 3 rings (SSSR count). The molecule has 1 atom stereocenters. The van der Waals surface area contributed by atoms with Crippen LogP contribution < -0.4 is 15.5 Å². The van der Waals surface area contributed by atoms with Crippen molar-refractivity contribution in [3.05, 3.63) is 24.3 Å². The van der Waals surface area contributed by atoms with E-state index in [1.54, 1.807) is 11.8 Å². The minimum Gasteiger partial charge on any atom is -0.352 e. The lowest BCUT2D eigenvalue weighted by Crippen LogP contribution is -2.50. The van der Waals surface area contributed by atoms with Gasteiger partial charge in [-0.25, -0.2) is 9.78 Å². The van der Waals surface area contributed by atoms with E-state index < -0.39 is 6.04 Å². The summed E-state index contributed by atoms with van der Waals surface area (Å²) in [6.07, 6.45) is 0. The number of hydrogen-bond donors (Lipinski definition) is 2. The number of amides is 3. The van der Waals surface area contributed by atoms with Crippen molar-refractivity contribution in [2.75, 3.05) is 11.4 Å². The average Bonchev–Trinajstić information content (AvgIpc) is 3.04. The first-order valence-electron chi connectivity index (χ1n) is 7.81. The molecule has 0 spiro atoms. The number of aromatic nitrogens is 2. The second-order valence-electron chi connectivity index (χ2n) is 6.04. The van der Waals surface area contributed by atoms with E-state index >= 15 is 0 Å². The minimum atomic E-state index is -0.594. The predicted molar refractivity (Wildman–Crippen MR) is 88.4 cm³/mol. The molecule has 1 aromatic heterocycles. The van der Waals surface area contributed by atoms with Gasteiger partial charge in [-0.1, -0.05) is 12.1 Å². The normalized spacial score (nSPS) is 14.9. The summed E-state index contributed by atoms with van der Waals surface area (Å²) in [5.74, 6) is 0.432. The first-order chi connectivity index (χ1) is 11.0. The van der Waals surface area contributed by atoms with Crippen molar-refractivity contribution in [2.45, 2.75) is 39.4 Å². The van der Waals surface area contributed by atoms with E-state index in [1.807, 2.05) is 42.7 Å². The van der Waals surface area contributed by atoms with Crippen molar-refractivity contribution in [1.82, 2.24) is 20.2 Å². The minimum absolute atomic E-state index is 0.0397. The van der Waals surface area contributed by atoms with E-state index in [2.05, 4.69) is 15.6 Å². The van der Waals surface area contributed by atoms with E-state index in [0.29, 0.717) is 19.0 Å². The zero-order valence-corrected chi connectivity index (χ0v) is 13.5. The molecule has 0 fully saturated rings. The van der Waals surface area contributed by atoms with Gasteiger partial charge in [0.2, 0.25) is 11.9 Å². The van der Waals surface area contributed by atoms with Gasteiger partial charge >= 0.3 is 6.03 Å². The van der Waals surface area contributed by atoms with Gasteiger partial charge in [0.1, 0.15) is 6.04 Å². The van der Waals surface area contributed by atoms with E-state index in [9.17, 15) is 9.59 Å². The molecule has 0 saturated carbocycles. The van der Waals surface area contributed by atoms with Crippen LogP contribution in [0.15, 0.2) is 24.3 Å². The van der Waals surface area contributed by atoms with Crippen LogP contribution in [0.2, 0.25) is 0 Å². The average molecular weight is 315 g/mol. The molecule has 1 aromatic carbocycles. The molecule has 2 aromatic rings. The maximum Gasteiger partial charge on any atom is 0.324 e. The fraction of sp³-hybridized carbons (Fsp3) is 0.438. The van der Waals surface area contributed by atoms with Crippen molar-refractivity contribution >= 4 is 28.9 Å². The Bertz CT molecular complexity index is 752. The summed E-state index contributed by atoms with van der Waals surface area (Å²) < 4.78 is 2.02. The summed E-state index contributed by atoms with van der Waals surface area (Å²) in [4.78, 5) is 30.5. The van der Waals surface area contributed by atoms with Crippen molar-refractivity contribution in [2.24, 2.45) is 0 Å². The van der Waals surface area contributed by atoms with Crippen LogP contribution in [0.1, 0.15) is 20.8 Å². The maximum atomic E-state index is 12.5. The van der Waals surface area contributed by atoms with Crippen molar-refractivity contribution in [1.29, 1.82) is 0 Å². The van der Waals surface area contributed by atoms with Crippen LogP contribution in [0.25, 0.3) is 11.0 Å². The third kappa shape index (κ3) is 2.86. The molecule has 23 heavy (non-hydrogen) atoms. The molecule has 0 radical (unpaired) electrons. The van der Waals surface area contributed by atoms with Crippen LogP contribution in [0, 0.1) is 0 Å². The third-order valence-corrected chi connectivity index (χ3v) is 3.83. The van der Waals surface area contributed by atoms with E-state index in [-0.39, 0.29) is 18.0 Å². The first kappa shape index (κ1) is 15.3. The van der Waals surface area contributed by atoms with Gasteiger partial charge in [-0.15, -0.1) is 0 Å². The summed E-state index contributed by atoms with van der Waals surface area (Å²) in [5, 5.41) is 5.52. The third-order valence-electron chi connectivity index (χ3n) is 3.83. The molecule has 3 amide bonds. The van der Waals surface area contributed by atoms with Gasteiger partial charge in [0.15, 0.2) is 0 Å². The number of fused-ring (bicyclic) bond motifs is 3. The lowest BCUT2D eigenvalue weighted by molar-refractivity contribution is -0.123. The molecule has 0 saturated heterocycles. The predicted octanol–water partition coefficient (Wildman–Crippen LogP) is 1.48. The van der Waals surface area contributed by atoms with Crippen LogP contribution in [0.4, 0.5) is 10.7 Å². The Hall–Kier alpha value is -2.57. The van der Waals surface area contributed by atoms with Crippen molar-refractivity contribution < 1.29 is 9.59 Å². The van der Waals surface area contributed by atoms with Gasteiger partial charge in [0.05, 0.1) is 11.0 Å². The number of imidazole rings is 1. The maximum absolute atomic E-state index is 12.5. The van der Waals surface area contributed by atoms with E-state index in [1.165, 1.54) is 0 Å². The number of carbonyl (C=O) groups is 2. The van der Waals surface area contributed by atoms with Crippen LogP contribution in [-0.2, 0) is 11.3 Å². The summed E-state index contributed by atoms with van der Waals surface area (Å²) in [5.41, 5.74) is 1.88. The molecule has 1 aliphatic heterocycles. The Morgan fingerprint density at radius 1 is 1.13 bits per heavy atom. The number of carbonyl (C=O) groups excluding carboxylic acids is 2. The Morgan fingerprint density at radius 3 is 2.61 bits per heavy atom. The van der Waals surface area contributed by atoms with Crippen molar-refractivity contribution in [3.63, 3.8) is 0 Å². The van der Waals surface area contributed by atoms with Crippen LogP contribution in [0.5, 0.6) is 0 Å². The summed E-state index contributed by atoms with van der Waals surface area (Å²) in [6, 6.07) is 6.94. The molecule has 0 unspecified atom stereocenters. The number of hydrogen-bond acceptors (Lipinski definition) is 3. The van der Waals surface area contributed by atoms with Gasteiger partial charge in [-0.3, -0.25) is 9.69 Å². The van der Waals surface area contributed by atoms with Crippen molar-refractivity contribution in [3.8, 4) is 0 Å². The Morgan fingerprint density at radius 2 is 1.87 bits per heavy atom. The summed E-state index contributed by atoms with van der Waals surface area (Å²) >= 11 is 0. The standard InChI is InChI=1S/C16H21N5O2/c1-10(2)17-14(22)11(3)18-16(23)21-9-8-20-13-7-5-4-6-12(13)19-15(20)21/h4-7,10-11H,8-9H2,1-3H3,(H,17,22)(H,18,23)/t11-/m0/s1. The highest BCUT2D eigenvalue weighted by molar-refractivity contribution is 5.96. The fourth-order valence-electron chi connectivity index (χ4n) is 2.72. The number of para-hydroxylation sites is 2. The zero-order valence-electron chi connectivity index (χ0n) is 13.5. The second-order valence-corrected chi connectivity index (χ2v) is 6.04. The second kappa shape index (κ2) is 5.91. The smallest absolute Gasteiger partial charge is 0.324 e. The molecule has 122 valence electrons. The monoisotopic (exact) mass is 315 g/mol. The molecule has 0 aliphatic carbocycles. The van der Waals surface area contributed by atoms with Crippen LogP contribution in [-0.4, -0.2) is 40.1 Å². The number of nitrogens with one attached hydrogen (secondary N) is 2. The number of nitrogens with zero attached hydrogens (tertiary/aromatic N) is 3. The molecule has 1 aliphatic rings. The number of anilines is 1. The number of benzene rings is 1.